The van der Waals surface area contributed by atoms with Crippen LogP contribution >= 0.6 is 0 Å². The van der Waals surface area contributed by atoms with Gasteiger partial charge in [-0.25, -0.2) is 0 Å². The number of rotatable bonds is 1. The van der Waals surface area contributed by atoms with Crippen LogP contribution in [0.15, 0.2) is 36.4 Å². The average molecular weight is 242 g/mol. The molecule has 0 bridgehead atoms. The smallest absolute Gasteiger partial charge is 0.273 e. The normalized spacial score (nSPS) is 11.8. The molecule has 0 spiro atoms. The van der Waals surface area contributed by atoms with Crippen LogP contribution in [0.5, 0.6) is 11.5 Å². The van der Waals surface area contributed by atoms with Gasteiger partial charge in [0.2, 0.25) is 0 Å². The lowest BCUT2D eigenvalue weighted by molar-refractivity contribution is -0.384. The molecule has 0 saturated heterocycles. The number of hydrogen-bond donors (Lipinski definition) is 1. The molecule has 0 saturated carbocycles. The van der Waals surface area contributed by atoms with Crippen LogP contribution in [0.1, 0.15) is 5.56 Å². The van der Waals surface area contributed by atoms with E-state index < -0.39 is 4.92 Å². The third-order valence-corrected chi connectivity index (χ3v) is 2.89. The van der Waals surface area contributed by atoms with E-state index in [1.807, 2.05) is 25.1 Å². The maximum Gasteiger partial charge on any atom is 0.273 e. The number of nitro benzene ring substituents is 1. The first kappa shape index (κ1) is 10.6. The third kappa shape index (κ3) is 1.57. The number of hydrogen-bond acceptors (Lipinski definition) is 4. The highest BCUT2D eigenvalue weighted by Crippen LogP contribution is 2.44. The molecule has 90 valence electrons. The minimum absolute atomic E-state index is 0.0200. The fraction of sp³-hybridized carbons (Fsp3) is 0.0769. The number of benzene rings is 2. The van der Waals surface area contributed by atoms with Gasteiger partial charge in [0.05, 0.1) is 22.4 Å². The van der Waals surface area contributed by atoms with Gasteiger partial charge in [0.15, 0.2) is 11.5 Å². The van der Waals surface area contributed by atoms with Crippen molar-refractivity contribution in [3.63, 3.8) is 0 Å². The monoisotopic (exact) mass is 242 g/mol. The Balaban J connectivity index is 2.08. The zero-order chi connectivity index (χ0) is 12.7. The topological polar surface area (TPSA) is 64.4 Å². The van der Waals surface area contributed by atoms with Gasteiger partial charge in [0, 0.05) is 6.07 Å². The van der Waals surface area contributed by atoms with E-state index in [1.54, 1.807) is 6.07 Å². The summed E-state index contributed by atoms with van der Waals surface area (Å²) < 4.78 is 5.68. The summed E-state index contributed by atoms with van der Waals surface area (Å²) in [5.41, 5.74) is 2.73. The van der Waals surface area contributed by atoms with Gasteiger partial charge in [-0.2, -0.15) is 0 Å². The van der Waals surface area contributed by atoms with Gasteiger partial charge in [-0.3, -0.25) is 10.1 Å². The van der Waals surface area contributed by atoms with Crippen molar-refractivity contribution in [3.05, 3.63) is 52.1 Å². The van der Waals surface area contributed by atoms with Gasteiger partial charge in [0.25, 0.3) is 5.69 Å². The van der Waals surface area contributed by atoms with E-state index in [2.05, 4.69) is 5.32 Å². The highest BCUT2D eigenvalue weighted by atomic mass is 16.6. The van der Waals surface area contributed by atoms with E-state index in [9.17, 15) is 10.1 Å². The average Bonchev–Trinajstić information content (AvgIpc) is 2.36. The highest BCUT2D eigenvalue weighted by Gasteiger charge is 2.20. The molecular formula is C13H10N2O3. The number of fused-ring (bicyclic) bond motifs is 2. The Kier molecular flexibility index (Phi) is 2.19. The Labute approximate surface area is 103 Å². The number of nitro groups is 1. The van der Waals surface area contributed by atoms with E-state index in [1.165, 1.54) is 12.1 Å². The predicted molar refractivity (Wildman–Crippen MR) is 67.6 cm³/mol. The van der Waals surface area contributed by atoms with Crippen LogP contribution in [0.4, 0.5) is 17.1 Å². The molecule has 1 aliphatic heterocycles. The van der Waals surface area contributed by atoms with Crippen molar-refractivity contribution in [2.24, 2.45) is 0 Å². The SMILES string of the molecule is Cc1cccc2c1Nc1ccc([N+](=O)[O-])cc1O2. The van der Waals surface area contributed by atoms with E-state index in [4.69, 9.17) is 4.74 Å². The van der Waals surface area contributed by atoms with Crippen LogP contribution in [0.25, 0.3) is 0 Å². The Morgan fingerprint density at radius 1 is 1.22 bits per heavy atom. The predicted octanol–water partition coefficient (Wildman–Crippen LogP) is 3.75. The molecule has 0 aliphatic carbocycles. The molecule has 0 unspecified atom stereocenters. The van der Waals surface area contributed by atoms with Crippen LogP contribution in [0.3, 0.4) is 0 Å². The summed E-state index contributed by atoms with van der Waals surface area (Å²) in [6, 6.07) is 10.2. The third-order valence-electron chi connectivity index (χ3n) is 2.89. The lowest BCUT2D eigenvalue weighted by Crippen LogP contribution is -2.04. The molecule has 0 atom stereocenters. The first-order valence-corrected chi connectivity index (χ1v) is 5.48. The lowest BCUT2D eigenvalue weighted by Gasteiger charge is -2.22. The molecule has 0 fully saturated rings. The number of para-hydroxylation sites is 1. The molecule has 5 nitrogen and oxygen atoms in total. The van der Waals surface area contributed by atoms with Crippen molar-refractivity contribution in [2.75, 3.05) is 5.32 Å². The summed E-state index contributed by atoms with van der Waals surface area (Å²) in [7, 11) is 0. The van der Waals surface area contributed by atoms with Gasteiger partial charge >= 0.3 is 0 Å². The minimum atomic E-state index is -0.435. The van der Waals surface area contributed by atoms with Crippen LogP contribution < -0.4 is 10.1 Å². The summed E-state index contributed by atoms with van der Waals surface area (Å²) in [4.78, 5) is 10.3. The van der Waals surface area contributed by atoms with Crippen molar-refractivity contribution in [1.29, 1.82) is 0 Å². The molecule has 3 rings (SSSR count). The molecule has 0 aromatic heterocycles. The minimum Gasteiger partial charge on any atom is -0.453 e. The molecular weight excluding hydrogens is 232 g/mol. The summed E-state index contributed by atoms with van der Waals surface area (Å²) in [6.07, 6.45) is 0. The largest absolute Gasteiger partial charge is 0.453 e. The lowest BCUT2D eigenvalue weighted by atomic mass is 10.1. The van der Waals surface area contributed by atoms with Crippen molar-refractivity contribution in [3.8, 4) is 11.5 Å². The highest BCUT2D eigenvalue weighted by molar-refractivity contribution is 5.78. The van der Waals surface area contributed by atoms with Crippen LogP contribution in [0, 0.1) is 17.0 Å². The van der Waals surface area contributed by atoms with Crippen LogP contribution in [0.2, 0.25) is 0 Å². The standard InChI is InChI=1S/C13H10N2O3/c1-8-3-2-4-11-13(8)14-10-6-5-9(15(16)17)7-12(10)18-11/h2-7,14H,1H3. The maximum atomic E-state index is 10.7. The maximum absolute atomic E-state index is 10.7. The van der Waals surface area contributed by atoms with Crippen molar-refractivity contribution < 1.29 is 9.66 Å². The second-order valence-corrected chi connectivity index (χ2v) is 4.11. The number of anilines is 2. The summed E-state index contributed by atoms with van der Waals surface area (Å²) >= 11 is 0. The molecule has 2 aromatic carbocycles. The quantitative estimate of drug-likeness (QED) is 0.521. The fourth-order valence-corrected chi connectivity index (χ4v) is 1.95. The second-order valence-electron chi connectivity index (χ2n) is 4.11. The van der Waals surface area contributed by atoms with E-state index >= 15 is 0 Å². The molecule has 18 heavy (non-hydrogen) atoms. The number of nitrogens with one attached hydrogen (secondary N) is 1. The zero-order valence-corrected chi connectivity index (χ0v) is 9.64. The zero-order valence-electron chi connectivity index (χ0n) is 9.64. The Morgan fingerprint density at radius 3 is 2.83 bits per heavy atom. The summed E-state index contributed by atoms with van der Waals surface area (Å²) in [6.45, 7) is 1.98. The summed E-state index contributed by atoms with van der Waals surface area (Å²) in [5, 5.41) is 13.9. The molecule has 2 aromatic rings. The van der Waals surface area contributed by atoms with Gasteiger partial charge < -0.3 is 10.1 Å². The Morgan fingerprint density at radius 2 is 2.06 bits per heavy atom. The number of aryl methyl sites for hydroxylation is 1. The molecule has 1 N–H and O–H groups in total. The van der Waals surface area contributed by atoms with Crippen molar-refractivity contribution in [2.45, 2.75) is 6.92 Å². The molecule has 1 heterocycles. The van der Waals surface area contributed by atoms with E-state index in [0.717, 1.165) is 16.9 Å². The van der Waals surface area contributed by atoms with E-state index in [-0.39, 0.29) is 5.69 Å². The first-order valence-electron chi connectivity index (χ1n) is 5.48. The van der Waals surface area contributed by atoms with Crippen LogP contribution in [-0.4, -0.2) is 4.92 Å². The number of nitrogens with zero attached hydrogens (tertiary/aromatic N) is 1. The van der Waals surface area contributed by atoms with Crippen molar-refractivity contribution in [1.82, 2.24) is 0 Å². The molecule has 5 heteroatoms. The molecule has 0 radical (unpaired) electrons. The van der Waals surface area contributed by atoms with Gasteiger partial charge in [0.1, 0.15) is 0 Å². The Hall–Kier alpha value is -2.56. The Bertz CT molecular complexity index is 653. The molecule has 1 aliphatic rings. The first-order chi connectivity index (χ1) is 8.65. The number of non-ortho nitro benzene ring substituents is 1. The van der Waals surface area contributed by atoms with Crippen molar-refractivity contribution >= 4 is 17.1 Å². The van der Waals surface area contributed by atoms with Crippen LogP contribution in [-0.2, 0) is 0 Å². The second kappa shape index (κ2) is 3.73. The van der Waals surface area contributed by atoms with Gasteiger partial charge in [-0.1, -0.05) is 12.1 Å². The molecule has 0 amide bonds. The summed E-state index contributed by atoms with van der Waals surface area (Å²) in [5.74, 6) is 1.16. The number of ether oxygens (including phenoxy) is 1. The van der Waals surface area contributed by atoms with Gasteiger partial charge in [-0.05, 0) is 24.6 Å². The van der Waals surface area contributed by atoms with Gasteiger partial charge in [-0.15, -0.1) is 0 Å². The van der Waals surface area contributed by atoms with E-state index in [0.29, 0.717) is 11.5 Å². The fourth-order valence-electron chi connectivity index (χ4n) is 1.95.